The summed E-state index contributed by atoms with van der Waals surface area (Å²) in [5.74, 6) is -0.830. The van der Waals surface area contributed by atoms with Crippen LogP contribution in [0.1, 0.15) is 37.7 Å². The monoisotopic (exact) mass is 415 g/mol. The van der Waals surface area contributed by atoms with Crippen molar-refractivity contribution in [2.75, 3.05) is 0 Å². The van der Waals surface area contributed by atoms with Gasteiger partial charge in [-0.25, -0.2) is 4.68 Å². The van der Waals surface area contributed by atoms with Crippen LogP contribution in [0.5, 0.6) is 0 Å². The molecule has 2 aromatic carbocycles. The maximum absolute atomic E-state index is 12.9. The fourth-order valence-corrected chi connectivity index (χ4v) is 3.37. The number of tetrazole rings is 1. The van der Waals surface area contributed by atoms with Gasteiger partial charge < -0.3 is 4.57 Å². The third kappa shape index (κ3) is 4.06. The highest BCUT2D eigenvalue weighted by Crippen LogP contribution is 2.21. The van der Waals surface area contributed by atoms with Crippen molar-refractivity contribution in [2.45, 2.75) is 20.8 Å². The van der Waals surface area contributed by atoms with Crippen molar-refractivity contribution in [1.29, 1.82) is 0 Å². The number of nitrogens with zero attached hydrogens (tertiary/aromatic N) is 5. The van der Waals surface area contributed by atoms with Gasteiger partial charge in [0.15, 0.2) is 0 Å². The van der Waals surface area contributed by atoms with E-state index in [0.29, 0.717) is 16.8 Å². The fourth-order valence-electron chi connectivity index (χ4n) is 3.37. The Morgan fingerprint density at radius 3 is 2.16 bits per heavy atom. The van der Waals surface area contributed by atoms with E-state index in [-0.39, 0.29) is 0 Å². The normalized spacial score (nSPS) is 10.7. The first kappa shape index (κ1) is 20.0. The lowest BCUT2D eigenvalue weighted by Gasteiger charge is -2.16. The predicted molar refractivity (Wildman–Crippen MR) is 114 cm³/mol. The standard InChI is InChI=1S/C22H21N7O2/c1-14-4-11-20(29-15(2)5-6-16(29)3)19(12-14)22(31)25-24-21(30)17-7-9-18(10-8-17)28-13-23-26-27-28/h4-13H,1-3H3,(H,24,30)(H,25,31). The summed E-state index contributed by atoms with van der Waals surface area (Å²) in [6.45, 7) is 5.88. The molecule has 0 aliphatic carbocycles. The summed E-state index contributed by atoms with van der Waals surface area (Å²) in [6.07, 6.45) is 1.46. The second-order valence-electron chi connectivity index (χ2n) is 7.18. The molecule has 31 heavy (non-hydrogen) atoms. The van der Waals surface area contributed by atoms with Crippen molar-refractivity contribution < 1.29 is 9.59 Å². The van der Waals surface area contributed by atoms with E-state index in [1.54, 1.807) is 30.3 Å². The number of carbonyl (C=O) groups excluding carboxylic acids is 2. The number of hydrogen-bond donors (Lipinski definition) is 2. The molecule has 0 aliphatic rings. The van der Waals surface area contributed by atoms with Crippen molar-refractivity contribution in [3.05, 3.63) is 89.0 Å². The van der Waals surface area contributed by atoms with E-state index in [1.807, 2.05) is 49.6 Å². The van der Waals surface area contributed by atoms with Gasteiger partial charge in [0, 0.05) is 17.0 Å². The van der Waals surface area contributed by atoms with Crippen LogP contribution in [0.25, 0.3) is 11.4 Å². The molecule has 0 spiro atoms. The number of aryl methyl sites for hydroxylation is 3. The highest BCUT2D eigenvalue weighted by molar-refractivity contribution is 6.01. The summed E-state index contributed by atoms with van der Waals surface area (Å²) >= 11 is 0. The summed E-state index contributed by atoms with van der Waals surface area (Å²) < 4.78 is 3.49. The average Bonchev–Trinajstić information content (AvgIpc) is 3.42. The number of nitrogens with one attached hydrogen (secondary N) is 2. The number of amides is 2. The van der Waals surface area contributed by atoms with Crippen LogP contribution in [-0.4, -0.2) is 36.6 Å². The van der Waals surface area contributed by atoms with Gasteiger partial charge in [0.1, 0.15) is 6.33 Å². The quantitative estimate of drug-likeness (QED) is 0.498. The largest absolute Gasteiger partial charge is 0.318 e. The number of benzene rings is 2. The second kappa shape index (κ2) is 8.23. The molecule has 0 aliphatic heterocycles. The molecule has 156 valence electrons. The molecule has 9 nitrogen and oxygen atoms in total. The molecule has 0 saturated heterocycles. The Bertz CT molecular complexity index is 1220. The Hall–Kier alpha value is -4.27. The van der Waals surface area contributed by atoms with E-state index in [0.717, 1.165) is 22.6 Å². The molecule has 2 heterocycles. The van der Waals surface area contributed by atoms with E-state index in [2.05, 4.69) is 26.4 Å². The van der Waals surface area contributed by atoms with Crippen LogP contribution < -0.4 is 10.9 Å². The first-order valence-electron chi connectivity index (χ1n) is 9.64. The molecule has 4 aromatic rings. The molecule has 2 N–H and O–H groups in total. The molecule has 2 amide bonds. The lowest BCUT2D eigenvalue weighted by atomic mass is 10.1. The average molecular weight is 415 g/mol. The van der Waals surface area contributed by atoms with Gasteiger partial charge in [-0.15, -0.1) is 5.10 Å². The zero-order valence-electron chi connectivity index (χ0n) is 17.3. The zero-order valence-corrected chi connectivity index (χ0v) is 17.3. The Balaban J connectivity index is 1.50. The first-order valence-corrected chi connectivity index (χ1v) is 9.64. The highest BCUT2D eigenvalue weighted by Gasteiger charge is 2.16. The number of hydrazine groups is 1. The summed E-state index contributed by atoms with van der Waals surface area (Å²) in [6, 6.07) is 16.3. The zero-order chi connectivity index (χ0) is 22.0. The Kier molecular flexibility index (Phi) is 5.31. The molecule has 0 saturated carbocycles. The summed E-state index contributed by atoms with van der Waals surface area (Å²) in [5, 5.41) is 11.0. The van der Waals surface area contributed by atoms with E-state index in [4.69, 9.17) is 0 Å². The third-order valence-electron chi connectivity index (χ3n) is 4.94. The van der Waals surface area contributed by atoms with E-state index >= 15 is 0 Å². The van der Waals surface area contributed by atoms with Gasteiger partial charge in [-0.1, -0.05) is 11.6 Å². The minimum Gasteiger partial charge on any atom is -0.318 e. The smallest absolute Gasteiger partial charge is 0.271 e. The van der Waals surface area contributed by atoms with Crippen LogP contribution in [0.2, 0.25) is 0 Å². The highest BCUT2D eigenvalue weighted by atomic mass is 16.2. The molecular formula is C22H21N7O2. The number of hydrogen-bond acceptors (Lipinski definition) is 5. The van der Waals surface area contributed by atoms with Gasteiger partial charge in [0.25, 0.3) is 11.8 Å². The van der Waals surface area contributed by atoms with Crippen molar-refractivity contribution in [1.82, 2.24) is 35.6 Å². The van der Waals surface area contributed by atoms with E-state index in [9.17, 15) is 9.59 Å². The maximum atomic E-state index is 12.9. The van der Waals surface area contributed by atoms with Crippen LogP contribution >= 0.6 is 0 Å². The van der Waals surface area contributed by atoms with Crippen molar-refractivity contribution in [2.24, 2.45) is 0 Å². The Morgan fingerprint density at radius 1 is 0.839 bits per heavy atom. The molecule has 4 rings (SSSR count). The number of aromatic nitrogens is 5. The topological polar surface area (TPSA) is 107 Å². The van der Waals surface area contributed by atoms with Gasteiger partial charge in [-0.2, -0.15) is 0 Å². The third-order valence-corrected chi connectivity index (χ3v) is 4.94. The lowest BCUT2D eigenvalue weighted by molar-refractivity contribution is 0.0846. The van der Waals surface area contributed by atoms with Crippen LogP contribution in [0.3, 0.4) is 0 Å². The van der Waals surface area contributed by atoms with Gasteiger partial charge in [-0.05, 0) is 79.7 Å². The molecule has 0 radical (unpaired) electrons. The second-order valence-corrected chi connectivity index (χ2v) is 7.18. The van der Waals surface area contributed by atoms with Crippen LogP contribution in [0, 0.1) is 20.8 Å². The summed E-state index contributed by atoms with van der Waals surface area (Å²) in [4.78, 5) is 25.4. The van der Waals surface area contributed by atoms with Crippen molar-refractivity contribution >= 4 is 11.8 Å². The first-order chi connectivity index (χ1) is 14.9. The number of carbonyl (C=O) groups is 2. The van der Waals surface area contributed by atoms with Gasteiger partial charge >= 0.3 is 0 Å². The minimum atomic E-state index is -0.431. The van der Waals surface area contributed by atoms with Gasteiger partial charge in [-0.3, -0.25) is 20.4 Å². The molecular weight excluding hydrogens is 394 g/mol. The molecule has 0 bridgehead atoms. The fraction of sp³-hybridized carbons (Fsp3) is 0.136. The predicted octanol–water partition coefficient (Wildman–Crippen LogP) is 2.45. The van der Waals surface area contributed by atoms with Gasteiger partial charge in [0.05, 0.1) is 16.9 Å². The van der Waals surface area contributed by atoms with E-state index < -0.39 is 11.8 Å². The van der Waals surface area contributed by atoms with Crippen LogP contribution in [0.15, 0.2) is 60.9 Å². The van der Waals surface area contributed by atoms with Crippen LogP contribution in [-0.2, 0) is 0 Å². The number of rotatable bonds is 4. The van der Waals surface area contributed by atoms with Gasteiger partial charge in [0.2, 0.25) is 0 Å². The van der Waals surface area contributed by atoms with Crippen LogP contribution in [0.4, 0.5) is 0 Å². The van der Waals surface area contributed by atoms with Crippen molar-refractivity contribution in [3.63, 3.8) is 0 Å². The summed E-state index contributed by atoms with van der Waals surface area (Å²) in [5.41, 5.74) is 10.3. The minimum absolute atomic E-state index is 0.388. The molecule has 2 aromatic heterocycles. The Morgan fingerprint density at radius 2 is 1.52 bits per heavy atom. The summed E-state index contributed by atoms with van der Waals surface area (Å²) in [7, 11) is 0. The van der Waals surface area contributed by atoms with Crippen molar-refractivity contribution in [3.8, 4) is 11.4 Å². The maximum Gasteiger partial charge on any atom is 0.271 e. The molecule has 0 fully saturated rings. The molecule has 9 heteroatoms. The van der Waals surface area contributed by atoms with E-state index in [1.165, 1.54) is 11.0 Å². The SMILES string of the molecule is Cc1ccc(-n2c(C)ccc2C)c(C(=O)NNC(=O)c2ccc(-n3cnnn3)cc2)c1. The molecule has 0 unspecified atom stereocenters. The molecule has 0 atom stereocenters. The lowest BCUT2D eigenvalue weighted by Crippen LogP contribution is -2.42. The Labute approximate surface area is 178 Å².